The fraction of sp³-hybridized carbons (Fsp3) is 0.316. The zero-order chi connectivity index (χ0) is 15.7. The summed E-state index contributed by atoms with van der Waals surface area (Å²) in [5, 5.41) is 2.10. The minimum Gasteiger partial charge on any atom is -0.299 e. The molecule has 2 nitrogen and oxygen atoms in total. The summed E-state index contributed by atoms with van der Waals surface area (Å²) in [5.41, 5.74) is 4.05. The van der Waals surface area contributed by atoms with Crippen molar-refractivity contribution in [2.45, 2.75) is 39.5 Å². The zero-order valence-corrected chi connectivity index (χ0v) is 14.4. The van der Waals surface area contributed by atoms with Crippen LogP contribution in [0.3, 0.4) is 0 Å². The zero-order valence-electron chi connectivity index (χ0n) is 13.6. The molecule has 0 saturated carbocycles. The fourth-order valence-electron chi connectivity index (χ4n) is 2.86. The van der Waals surface area contributed by atoms with Gasteiger partial charge < -0.3 is 0 Å². The molecule has 0 bridgehead atoms. The van der Waals surface area contributed by atoms with Crippen LogP contribution in [-0.4, -0.2) is 9.55 Å². The van der Waals surface area contributed by atoms with Gasteiger partial charge in [-0.1, -0.05) is 52.0 Å². The van der Waals surface area contributed by atoms with Crippen LogP contribution in [0.1, 0.15) is 50.7 Å². The van der Waals surface area contributed by atoms with Crippen molar-refractivity contribution in [1.29, 1.82) is 0 Å². The molecule has 0 radical (unpaired) electrons. The highest BCUT2D eigenvalue weighted by Crippen LogP contribution is 2.34. The van der Waals surface area contributed by atoms with Gasteiger partial charge in [-0.3, -0.25) is 4.57 Å². The van der Waals surface area contributed by atoms with Crippen molar-refractivity contribution in [3.8, 4) is 16.4 Å². The van der Waals surface area contributed by atoms with E-state index in [1.165, 1.54) is 21.7 Å². The Kier molecular flexibility index (Phi) is 4.16. The fourth-order valence-corrected chi connectivity index (χ4v) is 3.58. The number of nitrogens with zero attached hydrogens (tertiary/aromatic N) is 2. The molecule has 0 aliphatic rings. The number of hydrogen-bond acceptors (Lipinski definition) is 2. The predicted molar refractivity (Wildman–Crippen MR) is 95.1 cm³/mol. The smallest absolute Gasteiger partial charge is 0.154 e. The Morgan fingerprint density at radius 2 is 1.64 bits per heavy atom. The van der Waals surface area contributed by atoms with Gasteiger partial charge in [0.2, 0.25) is 0 Å². The van der Waals surface area contributed by atoms with Crippen molar-refractivity contribution in [3.05, 3.63) is 59.2 Å². The maximum Gasteiger partial charge on any atom is 0.154 e. The van der Waals surface area contributed by atoms with Gasteiger partial charge in [0.25, 0.3) is 0 Å². The standard InChI is InChI=1S/C19H22N2S/c1-13(2)15-7-5-8-16(14(3)4)18(15)21-11-10-20-19(21)17-9-6-12-22-17/h5-14H,1-4H3. The van der Waals surface area contributed by atoms with Gasteiger partial charge in [-0.15, -0.1) is 11.3 Å². The minimum absolute atomic E-state index is 0.479. The third kappa shape index (κ3) is 2.61. The molecule has 0 saturated heterocycles. The molecule has 2 aromatic heterocycles. The van der Waals surface area contributed by atoms with Gasteiger partial charge in [-0.05, 0) is 34.4 Å². The van der Waals surface area contributed by atoms with Gasteiger partial charge in [0.15, 0.2) is 5.82 Å². The van der Waals surface area contributed by atoms with Crippen LogP contribution in [0.5, 0.6) is 0 Å². The molecule has 3 heteroatoms. The lowest BCUT2D eigenvalue weighted by molar-refractivity contribution is 0.807. The van der Waals surface area contributed by atoms with E-state index < -0.39 is 0 Å². The molecule has 114 valence electrons. The van der Waals surface area contributed by atoms with E-state index in [0.29, 0.717) is 11.8 Å². The van der Waals surface area contributed by atoms with Gasteiger partial charge in [-0.2, -0.15) is 0 Å². The van der Waals surface area contributed by atoms with E-state index >= 15 is 0 Å². The van der Waals surface area contributed by atoms with Crippen LogP contribution in [0.25, 0.3) is 16.4 Å². The number of imidazole rings is 1. The van der Waals surface area contributed by atoms with E-state index in [0.717, 1.165) is 5.82 Å². The Bertz CT molecular complexity index is 725. The molecule has 22 heavy (non-hydrogen) atoms. The Balaban J connectivity index is 2.27. The summed E-state index contributed by atoms with van der Waals surface area (Å²) in [7, 11) is 0. The van der Waals surface area contributed by atoms with Crippen molar-refractivity contribution < 1.29 is 0 Å². The number of aromatic nitrogens is 2. The van der Waals surface area contributed by atoms with Crippen molar-refractivity contribution in [1.82, 2.24) is 9.55 Å². The van der Waals surface area contributed by atoms with Crippen LogP contribution < -0.4 is 0 Å². The molecule has 0 aliphatic heterocycles. The summed E-state index contributed by atoms with van der Waals surface area (Å²) in [4.78, 5) is 5.82. The van der Waals surface area contributed by atoms with Crippen LogP contribution in [0.2, 0.25) is 0 Å². The van der Waals surface area contributed by atoms with Crippen molar-refractivity contribution in [2.75, 3.05) is 0 Å². The minimum atomic E-state index is 0.479. The maximum atomic E-state index is 4.61. The summed E-state index contributed by atoms with van der Waals surface area (Å²) >= 11 is 1.73. The summed E-state index contributed by atoms with van der Waals surface area (Å²) in [6.45, 7) is 9.02. The van der Waals surface area contributed by atoms with E-state index in [4.69, 9.17) is 0 Å². The molecule has 2 heterocycles. The Morgan fingerprint density at radius 3 is 2.18 bits per heavy atom. The topological polar surface area (TPSA) is 17.8 Å². The lowest BCUT2D eigenvalue weighted by atomic mass is 9.92. The third-order valence-electron chi connectivity index (χ3n) is 3.97. The van der Waals surface area contributed by atoms with Crippen molar-refractivity contribution in [2.24, 2.45) is 0 Å². The molecule has 0 spiro atoms. The highest BCUT2D eigenvalue weighted by molar-refractivity contribution is 7.13. The van der Waals surface area contributed by atoms with Crippen LogP contribution in [0, 0.1) is 0 Å². The van der Waals surface area contributed by atoms with Crippen LogP contribution in [-0.2, 0) is 0 Å². The molecule has 0 unspecified atom stereocenters. The Morgan fingerprint density at radius 1 is 0.955 bits per heavy atom. The molecular weight excluding hydrogens is 288 g/mol. The van der Waals surface area contributed by atoms with Gasteiger partial charge in [0, 0.05) is 12.4 Å². The maximum absolute atomic E-state index is 4.61. The number of benzene rings is 1. The van der Waals surface area contributed by atoms with Crippen LogP contribution in [0.15, 0.2) is 48.1 Å². The van der Waals surface area contributed by atoms with Gasteiger partial charge >= 0.3 is 0 Å². The highest BCUT2D eigenvalue weighted by Gasteiger charge is 2.18. The molecule has 0 fully saturated rings. The van der Waals surface area contributed by atoms with E-state index in [1.807, 2.05) is 6.20 Å². The first kappa shape index (κ1) is 15.0. The predicted octanol–water partition coefficient (Wildman–Crippen LogP) is 5.85. The normalized spacial score (nSPS) is 11.5. The quantitative estimate of drug-likeness (QED) is 0.591. The number of rotatable bonds is 4. The lowest BCUT2D eigenvalue weighted by Gasteiger charge is -2.21. The Hall–Kier alpha value is -1.87. The molecule has 1 aromatic carbocycles. The number of thiophene rings is 1. The molecular formula is C19H22N2S. The molecule has 3 rings (SSSR count). The average Bonchev–Trinajstić information content (AvgIpc) is 3.16. The summed E-state index contributed by atoms with van der Waals surface area (Å²) in [6.07, 6.45) is 3.98. The second-order valence-corrected chi connectivity index (χ2v) is 7.14. The second-order valence-electron chi connectivity index (χ2n) is 6.19. The van der Waals surface area contributed by atoms with Crippen molar-refractivity contribution >= 4 is 11.3 Å². The molecule has 3 aromatic rings. The second kappa shape index (κ2) is 6.09. The first-order chi connectivity index (χ1) is 10.6. The largest absolute Gasteiger partial charge is 0.299 e. The van der Waals surface area contributed by atoms with E-state index in [1.54, 1.807) is 11.3 Å². The van der Waals surface area contributed by atoms with E-state index in [2.05, 4.69) is 79.2 Å². The first-order valence-electron chi connectivity index (χ1n) is 7.80. The molecule has 0 amide bonds. The van der Waals surface area contributed by atoms with Gasteiger partial charge in [0.1, 0.15) is 0 Å². The first-order valence-corrected chi connectivity index (χ1v) is 8.68. The van der Waals surface area contributed by atoms with E-state index in [9.17, 15) is 0 Å². The third-order valence-corrected chi connectivity index (χ3v) is 4.83. The Labute approximate surface area is 136 Å². The monoisotopic (exact) mass is 310 g/mol. The molecule has 0 N–H and O–H groups in total. The average molecular weight is 310 g/mol. The van der Waals surface area contributed by atoms with Crippen LogP contribution >= 0.6 is 11.3 Å². The van der Waals surface area contributed by atoms with Gasteiger partial charge in [0.05, 0.1) is 10.6 Å². The number of para-hydroxylation sites is 1. The summed E-state index contributed by atoms with van der Waals surface area (Å²) < 4.78 is 2.26. The van der Waals surface area contributed by atoms with Gasteiger partial charge in [-0.25, -0.2) is 4.98 Å². The summed E-state index contributed by atoms with van der Waals surface area (Å²) in [5.74, 6) is 1.99. The molecule has 0 atom stereocenters. The number of hydrogen-bond donors (Lipinski definition) is 0. The van der Waals surface area contributed by atoms with Crippen LogP contribution in [0.4, 0.5) is 0 Å². The molecule has 0 aliphatic carbocycles. The highest BCUT2D eigenvalue weighted by atomic mass is 32.1. The van der Waals surface area contributed by atoms with E-state index in [-0.39, 0.29) is 0 Å². The summed E-state index contributed by atoms with van der Waals surface area (Å²) in [6, 6.07) is 10.9. The van der Waals surface area contributed by atoms with Crippen molar-refractivity contribution in [3.63, 3.8) is 0 Å². The SMILES string of the molecule is CC(C)c1cccc(C(C)C)c1-n1ccnc1-c1cccs1. The lowest BCUT2D eigenvalue weighted by Crippen LogP contribution is -2.07.